The standard InChI is InChI=1S/C10H10ClF2NO2/c11-7-3-1-2-6(4-7)10(5-14,8(12)13)9(15)16/h1-4,8H,5,14H2,(H,15,16). The van der Waals surface area contributed by atoms with E-state index in [1.807, 2.05) is 0 Å². The van der Waals surface area contributed by atoms with Crippen molar-refractivity contribution in [1.82, 2.24) is 0 Å². The average molecular weight is 250 g/mol. The third kappa shape index (κ3) is 2.01. The Morgan fingerprint density at radius 3 is 2.56 bits per heavy atom. The first-order valence-corrected chi connectivity index (χ1v) is 4.80. The Morgan fingerprint density at radius 2 is 2.19 bits per heavy atom. The highest BCUT2D eigenvalue weighted by Gasteiger charge is 2.48. The molecule has 0 spiro atoms. The zero-order valence-electron chi connectivity index (χ0n) is 8.16. The summed E-state index contributed by atoms with van der Waals surface area (Å²) in [5.41, 5.74) is 2.70. The third-order valence-corrected chi connectivity index (χ3v) is 2.65. The molecule has 0 saturated heterocycles. The zero-order valence-corrected chi connectivity index (χ0v) is 8.92. The first-order valence-electron chi connectivity index (χ1n) is 4.42. The van der Waals surface area contributed by atoms with E-state index in [0.29, 0.717) is 0 Å². The Hall–Kier alpha value is -1.20. The monoisotopic (exact) mass is 249 g/mol. The summed E-state index contributed by atoms with van der Waals surface area (Å²) in [6, 6.07) is 5.35. The van der Waals surface area contributed by atoms with E-state index in [2.05, 4.69) is 0 Å². The molecule has 0 aliphatic rings. The maximum absolute atomic E-state index is 12.9. The van der Waals surface area contributed by atoms with Gasteiger partial charge in [0.1, 0.15) is 0 Å². The molecule has 0 saturated carbocycles. The number of nitrogens with two attached hydrogens (primary N) is 1. The van der Waals surface area contributed by atoms with Gasteiger partial charge in [-0.25, -0.2) is 8.78 Å². The summed E-state index contributed by atoms with van der Waals surface area (Å²) in [6.07, 6.45) is -3.10. The number of carboxylic acid groups (broad SMARTS) is 1. The number of aliphatic carboxylic acids is 1. The van der Waals surface area contributed by atoms with Gasteiger partial charge < -0.3 is 10.8 Å². The second kappa shape index (κ2) is 4.76. The van der Waals surface area contributed by atoms with Crippen molar-refractivity contribution in [2.24, 2.45) is 5.73 Å². The molecule has 88 valence electrons. The van der Waals surface area contributed by atoms with Crippen LogP contribution in [0.2, 0.25) is 5.02 Å². The van der Waals surface area contributed by atoms with Crippen LogP contribution in [-0.2, 0) is 10.2 Å². The molecule has 6 heteroatoms. The molecule has 0 heterocycles. The predicted octanol–water partition coefficient (Wildman–Crippen LogP) is 1.89. The van der Waals surface area contributed by atoms with Crippen LogP contribution in [-0.4, -0.2) is 24.0 Å². The second-order valence-electron chi connectivity index (χ2n) is 3.29. The summed E-state index contributed by atoms with van der Waals surface area (Å²) in [7, 11) is 0. The van der Waals surface area contributed by atoms with Crippen molar-refractivity contribution in [3.8, 4) is 0 Å². The Bertz CT molecular complexity index is 400. The topological polar surface area (TPSA) is 63.3 Å². The lowest BCUT2D eigenvalue weighted by Gasteiger charge is -2.27. The molecule has 0 bridgehead atoms. The van der Waals surface area contributed by atoms with Gasteiger partial charge in [0.25, 0.3) is 6.43 Å². The van der Waals surface area contributed by atoms with Crippen LogP contribution in [0.25, 0.3) is 0 Å². The van der Waals surface area contributed by atoms with Crippen LogP contribution in [0.1, 0.15) is 5.56 Å². The molecular weight excluding hydrogens is 240 g/mol. The Morgan fingerprint density at radius 1 is 1.56 bits per heavy atom. The van der Waals surface area contributed by atoms with E-state index in [9.17, 15) is 13.6 Å². The van der Waals surface area contributed by atoms with Crippen LogP contribution in [0.4, 0.5) is 8.78 Å². The highest BCUT2D eigenvalue weighted by Crippen LogP contribution is 2.32. The van der Waals surface area contributed by atoms with E-state index in [4.69, 9.17) is 22.4 Å². The molecule has 0 radical (unpaired) electrons. The molecule has 3 N–H and O–H groups in total. The number of rotatable bonds is 4. The molecule has 0 amide bonds. The van der Waals surface area contributed by atoms with Crippen LogP contribution in [0, 0.1) is 0 Å². The molecule has 1 atom stereocenters. The SMILES string of the molecule is NCC(C(=O)O)(c1cccc(Cl)c1)C(F)F. The van der Waals surface area contributed by atoms with E-state index in [-0.39, 0.29) is 10.6 Å². The molecule has 0 fully saturated rings. The van der Waals surface area contributed by atoms with Gasteiger partial charge >= 0.3 is 5.97 Å². The average Bonchev–Trinajstić information content (AvgIpc) is 2.18. The number of hydrogen-bond acceptors (Lipinski definition) is 2. The Kier molecular flexibility index (Phi) is 3.83. The Labute approximate surface area is 95.8 Å². The van der Waals surface area contributed by atoms with Gasteiger partial charge in [0.15, 0.2) is 5.41 Å². The predicted molar refractivity (Wildman–Crippen MR) is 55.8 cm³/mol. The fourth-order valence-electron chi connectivity index (χ4n) is 1.40. The minimum absolute atomic E-state index is 0.0926. The van der Waals surface area contributed by atoms with Crippen molar-refractivity contribution in [3.63, 3.8) is 0 Å². The van der Waals surface area contributed by atoms with Crippen LogP contribution in [0.5, 0.6) is 0 Å². The van der Waals surface area contributed by atoms with Crippen LogP contribution >= 0.6 is 11.6 Å². The quantitative estimate of drug-likeness (QED) is 0.857. The number of carboxylic acids is 1. The molecule has 3 nitrogen and oxygen atoms in total. The van der Waals surface area contributed by atoms with Crippen molar-refractivity contribution in [2.75, 3.05) is 6.54 Å². The summed E-state index contributed by atoms with van der Waals surface area (Å²) < 4.78 is 25.8. The fourth-order valence-corrected chi connectivity index (χ4v) is 1.59. The maximum atomic E-state index is 12.9. The van der Waals surface area contributed by atoms with E-state index >= 15 is 0 Å². The lowest BCUT2D eigenvalue weighted by atomic mass is 9.81. The van der Waals surface area contributed by atoms with Gasteiger partial charge in [0, 0.05) is 11.6 Å². The number of benzene rings is 1. The largest absolute Gasteiger partial charge is 0.480 e. The van der Waals surface area contributed by atoms with Crippen LogP contribution in [0.3, 0.4) is 0 Å². The lowest BCUT2D eigenvalue weighted by Crippen LogP contribution is -2.49. The smallest absolute Gasteiger partial charge is 0.321 e. The minimum atomic E-state index is -3.10. The molecule has 0 aliphatic heterocycles. The number of alkyl halides is 2. The van der Waals surface area contributed by atoms with Crippen molar-refractivity contribution >= 4 is 17.6 Å². The maximum Gasteiger partial charge on any atom is 0.321 e. The number of halogens is 3. The zero-order chi connectivity index (χ0) is 12.3. The lowest BCUT2D eigenvalue weighted by molar-refractivity contribution is -0.149. The van der Waals surface area contributed by atoms with Gasteiger partial charge in [-0.2, -0.15) is 0 Å². The van der Waals surface area contributed by atoms with Crippen molar-refractivity contribution in [1.29, 1.82) is 0 Å². The normalized spacial score (nSPS) is 14.8. The van der Waals surface area contributed by atoms with Crippen molar-refractivity contribution < 1.29 is 18.7 Å². The van der Waals surface area contributed by atoms with E-state index < -0.39 is 24.4 Å². The molecular formula is C10H10ClF2NO2. The molecule has 1 unspecified atom stereocenters. The molecule has 0 aromatic heterocycles. The van der Waals surface area contributed by atoms with Gasteiger partial charge in [-0.05, 0) is 17.7 Å². The highest BCUT2D eigenvalue weighted by atomic mass is 35.5. The van der Waals surface area contributed by atoms with E-state index in [0.717, 1.165) is 0 Å². The molecule has 0 aliphatic carbocycles. The molecule has 16 heavy (non-hydrogen) atoms. The van der Waals surface area contributed by atoms with Crippen molar-refractivity contribution in [3.05, 3.63) is 34.9 Å². The highest BCUT2D eigenvalue weighted by molar-refractivity contribution is 6.30. The molecule has 1 aromatic rings. The summed E-state index contributed by atoms with van der Waals surface area (Å²) in [5.74, 6) is -1.66. The fraction of sp³-hybridized carbons (Fsp3) is 0.300. The summed E-state index contributed by atoms with van der Waals surface area (Å²) in [6.45, 7) is -0.694. The van der Waals surface area contributed by atoms with Gasteiger partial charge in [-0.3, -0.25) is 4.79 Å². The second-order valence-corrected chi connectivity index (χ2v) is 3.73. The molecule has 1 aromatic carbocycles. The van der Waals surface area contributed by atoms with Gasteiger partial charge in [-0.1, -0.05) is 23.7 Å². The van der Waals surface area contributed by atoms with Crippen molar-refractivity contribution in [2.45, 2.75) is 11.8 Å². The number of hydrogen-bond donors (Lipinski definition) is 2. The van der Waals surface area contributed by atoms with E-state index in [1.165, 1.54) is 24.3 Å². The van der Waals surface area contributed by atoms with Crippen LogP contribution in [0.15, 0.2) is 24.3 Å². The first-order chi connectivity index (χ1) is 7.45. The summed E-state index contributed by atoms with van der Waals surface area (Å²) in [5, 5.41) is 9.13. The van der Waals surface area contributed by atoms with Gasteiger partial charge in [0.05, 0.1) is 0 Å². The van der Waals surface area contributed by atoms with E-state index in [1.54, 1.807) is 0 Å². The summed E-state index contributed by atoms with van der Waals surface area (Å²) >= 11 is 5.64. The van der Waals surface area contributed by atoms with Crippen LogP contribution < -0.4 is 5.73 Å². The first kappa shape index (κ1) is 12.9. The third-order valence-electron chi connectivity index (χ3n) is 2.42. The molecule has 1 rings (SSSR count). The summed E-state index contributed by atoms with van der Waals surface area (Å²) in [4.78, 5) is 11.0. The number of carbonyl (C=O) groups is 1. The minimum Gasteiger partial charge on any atom is -0.480 e. The van der Waals surface area contributed by atoms with Gasteiger partial charge in [0.2, 0.25) is 0 Å². The van der Waals surface area contributed by atoms with Gasteiger partial charge in [-0.15, -0.1) is 0 Å². The Balaban J connectivity index is 3.36.